The van der Waals surface area contributed by atoms with Crippen molar-refractivity contribution in [1.29, 1.82) is 0 Å². The van der Waals surface area contributed by atoms with E-state index >= 15 is 0 Å². The fourth-order valence-corrected chi connectivity index (χ4v) is 3.69. The van der Waals surface area contributed by atoms with Crippen molar-refractivity contribution in [2.24, 2.45) is 5.92 Å². The lowest BCUT2D eigenvalue weighted by Crippen LogP contribution is -2.53. The fourth-order valence-electron chi connectivity index (χ4n) is 2.87. The van der Waals surface area contributed by atoms with Crippen molar-refractivity contribution < 1.29 is 13.2 Å². The number of hydrogen-bond acceptors (Lipinski definition) is 5. The summed E-state index contributed by atoms with van der Waals surface area (Å²) in [6.07, 6.45) is 2.41. The molecule has 2 aliphatic heterocycles. The Morgan fingerprint density at radius 3 is 2.47 bits per heavy atom. The molecule has 7 heteroatoms. The third kappa shape index (κ3) is 4.13. The summed E-state index contributed by atoms with van der Waals surface area (Å²) in [5.41, 5.74) is 0. The molecule has 2 saturated heterocycles. The largest absolute Gasteiger partial charge is 0.381 e. The van der Waals surface area contributed by atoms with E-state index in [-0.39, 0.29) is 0 Å². The van der Waals surface area contributed by atoms with Crippen LogP contribution >= 0.6 is 0 Å². The Bertz CT molecular complexity index is 374. The smallest absolute Gasteiger partial charge is 0.211 e. The van der Waals surface area contributed by atoms with Crippen molar-refractivity contribution >= 4 is 10.0 Å². The molecule has 2 atom stereocenters. The third-order valence-electron chi connectivity index (χ3n) is 4.16. The lowest BCUT2D eigenvalue weighted by Gasteiger charge is -2.36. The summed E-state index contributed by atoms with van der Waals surface area (Å²) in [5.74, 6) is 0.581. The second kappa shape index (κ2) is 6.49. The Labute approximate surface area is 116 Å². The van der Waals surface area contributed by atoms with Crippen LogP contribution < -0.4 is 5.32 Å². The standard InChI is InChI=1S/C12H25N3O3S/c1-13-12(11-3-8-18-10-11)9-14-4-6-15(7-5-14)19(2,16)17/h11-13H,3-10H2,1-2H3. The van der Waals surface area contributed by atoms with Gasteiger partial charge in [0.25, 0.3) is 0 Å². The Morgan fingerprint density at radius 2 is 2.00 bits per heavy atom. The minimum atomic E-state index is -3.03. The molecule has 0 aliphatic carbocycles. The van der Waals surface area contributed by atoms with Gasteiger partial charge in [0.05, 0.1) is 12.9 Å². The van der Waals surface area contributed by atoms with Gasteiger partial charge in [0.1, 0.15) is 0 Å². The number of nitrogens with one attached hydrogen (secondary N) is 1. The normalized spacial score (nSPS) is 28.6. The van der Waals surface area contributed by atoms with Crippen molar-refractivity contribution in [3.8, 4) is 0 Å². The molecule has 6 nitrogen and oxygen atoms in total. The molecular formula is C12H25N3O3S. The summed E-state index contributed by atoms with van der Waals surface area (Å²) in [7, 11) is -1.03. The van der Waals surface area contributed by atoms with E-state index in [2.05, 4.69) is 10.2 Å². The maximum Gasteiger partial charge on any atom is 0.211 e. The molecule has 0 bridgehead atoms. The van der Waals surface area contributed by atoms with Gasteiger partial charge >= 0.3 is 0 Å². The Hall–Kier alpha value is -0.210. The van der Waals surface area contributed by atoms with Crippen LogP contribution in [0.5, 0.6) is 0 Å². The van der Waals surface area contributed by atoms with Crippen molar-refractivity contribution in [2.45, 2.75) is 12.5 Å². The molecule has 2 fully saturated rings. The zero-order valence-electron chi connectivity index (χ0n) is 11.8. The number of likely N-dealkylation sites (N-methyl/N-ethyl adjacent to an activating group) is 1. The first-order chi connectivity index (χ1) is 9.00. The molecule has 0 aromatic heterocycles. The molecule has 0 spiro atoms. The first-order valence-electron chi connectivity index (χ1n) is 6.93. The minimum Gasteiger partial charge on any atom is -0.381 e. The van der Waals surface area contributed by atoms with Crippen molar-refractivity contribution in [3.63, 3.8) is 0 Å². The van der Waals surface area contributed by atoms with E-state index in [9.17, 15) is 8.42 Å². The quantitative estimate of drug-likeness (QED) is 0.718. The topological polar surface area (TPSA) is 61.9 Å². The highest BCUT2D eigenvalue weighted by Gasteiger charge is 2.29. The molecule has 112 valence electrons. The molecule has 0 saturated carbocycles. The van der Waals surface area contributed by atoms with Gasteiger partial charge in [-0.2, -0.15) is 4.31 Å². The van der Waals surface area contributed by atoms with Gasteiger partial charge in [-0.1, -0.05) is 0 Å². The molecule has 0 radical (unpaired) electrons. The van der Waals surface area contributed by atoms with E-state index in [1.807, 2.05) is 7.05 Å². The Balaban J connectivity index is 1.81. The highest BCUT2D eigenvalue weighted by Crippen LogP contribution is 2.18. The average molecular weight is 291 g/mol. The molecular weight excluding hydrogens is 266 g/mol. The zero-order valence-corrected chi connectivity index (χ0v) is 12.7. The third-order valence-corrected chi connectivity index (χ3v) is 5.46. The van der Waals surface area contributed by atoms with E-state index in [1.54, 1.807) is 4.31 Å². The lowest BCUT2D eigenvalue weighted by molar-refractivity contribution is 0.142. The van der Waals surface area contributed by atoms with Crippen molar-refractivity contribution in [3.05, 3.63) is 0 Å². The van der Waals surface area contributed by atoms with E-state index < -0.39 is 10.0 Å². The van der Waals surface area contributed by atoms with Crippen LogP contribution in [-0.4, -0.2) is 82.9 Å². The van der Waals surface area contributed by atoms with Crippen LogP contribution in [0.4, 0.5) is 0 Å². The van der Waals surface area contributed by atoms with Gasteiger partial charge in [0.2, 0.25) is 10.0 Å². The molecule has 0 aromatic rings. The van der Waals surface area contributed by atoms with Crippen LogP contribution in [0.1, 0.15) is 6.42 Å². The summed E-state index contributed by atoms with van der Waals surface area (Å²) in [4.78, 5) is 2.35. The maximum atomic E-state index is 11.5. The summed E-state index contributed by atoms with van der Waals surface area (Å²) < 4.78 is 29.9. The molecule has 0 amide bonds. The summed E-state index contributed by atoms with van der Waals surface area (Å²) in [6.45, 7) is 5.53. The van der Waals surface area contributed by atoms with Crippen molar-refractivity contribution in [1.82, 2.24) is 14.5 Å². The van der Waals surface area contributed by atoms with Gasteiger partial charge in [-0.25, -0.2) is 8.42 Å². The maximum absolute atomic E-state index is 11.5. The minimum absolute atomic E-state index is 0.437. The lowest BCUT2D eigenvalue weighted by atomic mass is 9.98. The van der Waals surface area contributed by atoms with Gasteiger partial charge < -0.3 is 10.1 Å². The second-order valence-corrected chi connectivity index (χ2v) is 7.46. The van der Waals surface area contributed by atoms with E-state index in [4.69, 9.17) is 4.74 Å². The fraction of sp³-hybridized carbons (Fsp3) is 1.00. The predicted octanol–water partition coefficient (Wildman–Crippen LogP) is -0.812. The number of nitrogens with zero attached hydrogens (tertiary/aromatic N) is 2. The van der Waals surface area contributed by atoms with Gasteiger partial charge in [0, 0.05) is 51.3 Å². The monoisotopic (exact) mass is 291 g/mol. The highest BCUT2D eigenvalue weighted by atomic mass is 32.2. The van der Waals surface area contributed by atoms with Gasteiger partial charge in [-0.05, 0) is 13.5 Å². The predicted molar refractivity (Wildman–Crippen MR) is 74.6 cm³/mol. The average Bonchev–Trinajstić information content (AvgIpc) is 2.89. The Morgan fingerprint density at radius 1 is 1.32 bits per heavy atom. The molecule has 0 aromatic carbocycles. The van der Waals surface area contributed by atoms with Crippen molar-refractivity contribution in [2.75, 3.05) is 59.2 Å². The molecule has 2 rings (SSSR count). The summed E-state index contributed by atoms with van der Waals surface area (Å²) in [5, 5.41) is 3.38. The van der Waals surface area contributed by atoms with E-state index in [0.29, 0.717) is 25.0 Å². The van der Waals surface area contributed by atoms with Crippen LogP contribution in [0, 0.1) is 5.92 Å². The number of hydrogen-bond donors (Lipinski definition) is 1. The number of ether oxygens (including phenoxy) is 1. The van der Waals surface area contributed by atoms with E-state index in [0.717, 1.165) is 39.3 Å². The van der Waals surface area contributed by atoms with Crippen LogP contribution in [-0.2, 0) is 14.8 Å². The van der Waals surface area contributed by atoms with Crippen LogP contribution in [0.25, 0.3) is 0 Å². The van der Waals surface area contributed by atoms with Gasteiger partial charge in [-0.15, -0.1) is 0 Å². The molecule has 19 heavy (non-hydrogen) atoms. The van der Waals surface area contributed by atoms with Crippen LogP contribution in [0.15, 0.2) is 0 Å². The molecule has 1 N–H and O–H groups in total. The zero-order chi connectivity index (χ0) is 13.9. The van der Waals surface area contributed by atoms with Crippen LogP contribution in [0.2, 0.25) is 0 Å². The second-order valence-electron chi connectivity index (χ2n) is 5.48. The number of sulfonamides is 1. The number of piperazine rings is 1. The SMILES string of the molecule is CNC(CN1CCN(S(C)(=O)=O)CC1)C1CCOC1. The molecule has 2 aliphatic rings. The molecule has 2 heterocycles. The number of rotatable bonds is 5. The summed E-state index contributed by atoms with van der Waals surface area (Å²) in [6, 6.07) is 0.437. The van der Waals surface area contributed by atoms with Gasteiger partial charge in [0.15, 0.2) is 0 Å². The first-order valence-corrected chi connectivity index (χ1v) is 8.78. The Kier molecular flexibility index (Phi) is 5.19. The summed E-state index contributed by atoms with van der Waals surface area (Å²) >= 11 is 0. The van der Waals surface area contributed by atoms with Crippen LogP contribution in [0.3, 0.4) is 0 Å². The van der Waals surface area contributed by atoms with Gasteiger partial charge in [-0.3, -0.25) is 4.90 Å². The first kappa shape index (κ1) is 15.2. The molecule has 2 unspecified atom stereocenters. The van der Waals surface area contributed by atoms with E-state index in [1.165, 1.54) is 6.26 Å². The highest BCUT2D eigenvalue weighted by molar-refractivity contribution is 7.88.